The van der Waals surface area contributed by atoms with Crippen molar-refractivity contribution in [3.05, 3.63) is 29.8 Å². The van der Waals surface area contributed by atoms with Crippen LogP contribution in [-0.4, -0.2) is 49.9 Å². The average molecular weight is 375 g/mol. The Balaban J connectivity index is 1.72. The van der Waals surface area contributed by atoms with E-state index in [1.807, 2.05) is 6.92 Å². The van der Waals surface area contributed by atoms with E-state index in [2.05, 4.69) is 10.6 Å². The van der Waals surface area contributed by atoms with Crippen LogP contribution in [0.1, 0.15) is 43.0 Å². The standard InChI is InChI=1S/C19H25N3O5/c1-2-3-10-20-16(23)13-27-18(25)12-21-19(26)14-6-8-15(9-7-14)22-11-4-5-17(22)24/h6-9H,2-5,10-13H2,1H3,(H,20,23)(H,21,26). The molecule has 8 heteroatoms. The lowest BCUT2D eigenvalue weighted by Gasteiger charge is -2.15. The number of anilines is 1. The van der Waals surface area contributed by atoms with Gasteiger partial charge >= 0.3 is 5.97 Å². The Morgan fingerprint density at radius 1 is 1.15 bits per heavy atom. The summed E-state index contributed by atoms with van der Waals surface area (Å²) in [5.74, 6) is -1.41. The molecule has 2 N–H and O–H groups in total. The van der Waals surface area contributed by atoms with Gasteiger partial charge in [-0.25, -0.2) is 0 Å². The van der Waals surface area contributed by atoms with Gasteiger partial charge in [0, 0.05) is 30.8 Å². The summed E-state index contributed by atoms with van der Waals surface area (Å²) in [7, 11) is 0. The van der Waals surface area contributed by atoms with E-state index in [9.17, 15) is 19.2 Å². The van der Waals surface area contributed by atoms with Gasteiger partial charge in [-0.2, -0.15) is 0 Å². The van der Waals surface area contributed by atoms with Gasteiger partial charge in [0.25, 0.3) is 11.8 Å². The molecule has 146 valence electrons. The van der Waals surface area contributed by atoms with Crippen molar-refractivity contribution >= 4 is 29.4 Å². The lowest BCUT2D eigenvalue weighted by atomic mass is 10.2. The number of esters is 1. The molecule has 1 aliphatic heterocycles. The van der Waals surface area contributed by atoms with Crippen molar-refractivity contribution in [3.63, 3.8) is 0 Å². The molecule has 1 aromatic carbocycles. The third-order valence-corrected chi connectivity index (χ3v) is 4.12. The molecule has 27 heavy (non-hydrogen) atoms. The summed E-state index contributed by atoms with van der Waals surface area (Å²) < 4.78 is 4.81. The quantitative estimate of drug-likeness (QED) is 0.495. The molecule has 8 nitrogen and oxygen atoms in total. The molecule has 1 aromatic rings. The summed E-state index contributed by atoms with van der Waals surface area (Å²) in [4.78, 5) is 48.5. The number of benzene rings is 1. The predicted octanol–water partition coefficient (Wildman–Crippen LogP) is 1.00. The highest BCUT2D eigenvalue weighted by atomic mass is 16.5. The van der Waals surface area contributed by atoms with Crippen molar-refractivity contribution < 1.29 is 23.9 Å². The SMILES string of the molecule is CCCCNC(=O)COC(=O)CNC(=O)c1ccc(N2CCCC2=O)cc1. The minimum Gasteiger partial charge on any atom is -0.454 e. The fraction of sp³-hybridized carbons (Fsp3) is 0.474. The monoisotopic (exact) mass is 375 g/mol. The van der Waals surface area contributed by atoms with Crippen LogP contribution in [0.4, 0.5) is 5.69 Å². The van der Waals surface area contributed by atoms with E-state index in [-0.39, 0.29) is 25.0 Å². The van der Waals surface area contributed by atoms with Crippen LogP contribution in [0.2, 0.25) is 0 Å². The number of hydrogen-bond acceptors (Lipinski definition) is 5. The number of carbonyl (C=O) groups is 4. The largest absolute Gasteiger partial charge is 0.454 e. The van der Waals surface area contributed by atoms with Crippen LogP contribution in [0, 0.1) is 0 Å². The van der Waals surface area contributed by atoms with Crippen LogP contribution in [0.5, 0.6) is 0 Å². The van der Waals surface area contributed by atoms with E-state index in [1.165, 1.54) is 0 Å². The van der Waals surface area contributed by atoms with E-state index in [0.29, 0.717) is 25.1 Å². The Morgan fingerprint density at radius 3 is 2.52 bits per heavy atom. The highest BCUT2D eigenvalue weighted by Gasteiger charge is 2.21. The molecule has 2 rings (SSSR count). The van der Waals surface area contributed by atoms with Gasteiger partial charge in [0.2, 0.25) is 5.91 Å². The zero-order chi connectivity index (χ0) is 19.6. The molecule has 0 aromatic heterocycles. The van der Waals surface area contributed by atoms with E-state index in [1.54, 1.807) is 29.2 Å². The third-order valence-electron chi connectivity index (χ3n) is 4.12. The van der Waals surface area contributed by atoms with Crippen molar-refractivity contribution in [1.82, 2.24) is 10.6 Å². The summed E-state index contributed by atoms with van der Waals surface area (Å²) in [6, 6.07) is 6.61. The van der Waals surface area contributed by atoms with Crippen LogP contribution < -0.4 is 15.5 Å². The van der Waals surface area contributed by atoms with Gasteiger partial charge in [0.1, 0.15) is 6.54 Å². The van der Waals surface area contributed by atoms with Gasteiger partial charge in [0.05, 0.1) is 0 Å². The number of ether oxygens (including phenoxy) is 1. The fourth-order valence-electron chi connectivity index (χ4n) is 2.62. The van der Waals surface area contributed by atoms with Crippen molar-refractivity contribution in [1.29, 1.82) is 0 Å². The molecule has 0 saturated carbocycles. The third kappa shape index (κ3) is 6.40. The molecule has 3 amide bonds. The molecule has 0 atom stereocenters. The number of carbonyl (C=O) groups excluding carboxylic acids is 4. The number of amides is 3. The second-order valence-corrected chi connectivity index (χ2v) is 6.24. The van der Waals surface area contributed by atoms with Crippen molar-refractivity contribution in [2.75, 3.05) is 31.1 Å². The van der Waals surface area contributed by atoms with Crippen LogP contribution in [0.25, 0.3) is 0 Å². The minimum atomic E-state index is -0.687. The maximum atomic E-state index is 12.1. The second kappa shape index (κ2) is 10.3. The molecule has 0 bridgehead atoms. The van der Waals surface area contributed by atoms with Crippen molar-refractivity contribution in [2.45, 2.75) is 32.6 Å². The first-order chi connectivity index (χ1) is 13.0. The Bertz CT molecular complexity index is 687. The van der Waals surface area contributed by atoms with E-state index in [0.717, 1.165) is 24.9 Å². The highest BCUT2D eigenvalue weighted by molar-refractivity contribution is 5.98. The number of nitrogens with one attached hydrogen (secondary N) is 2. The number of unbranched alkanes of at least 4 members (excludes halogenated alkanes) is 1. The van der Waals surface area contributed by atoms with E-state index >= 15 is 0 Å². The Morgan fingerprint density at radius 2 is 1.89 bits per heavy atom. The first kappa shape index (κ1) is 20.4. The molecule has 0 unspecified atom stereocenters. The van der Waals surface area contributed by atoms with Crippen molar-refractivity contribution in [2.24, 2.45) is 0 Å². The Labute approximate surface area is 158 Å². The zero-order valence-electron chi connectivity index (χ0n) is 15.5. The maximum Gasteiger partial charge on any atom is 0.325 e. The van der Waals surface area contributed by atoms with E-state index in [4.69, 9.17) is 4.74 Å². The molecular weight excluding hydrogens is 350 g/mol. The van der Waals surface area contributed by atoms with Crippen molar-refractivity contribution in [3.8, 4) is 0 Å². The van der Waals surface area contributed by atoms with Gasteiger partial charge in [-0.3, -0.25) is 19.2 Å². The van der Waals surface area contributed by atoms with E-state index < -0.39 is 11.9 Å². The molecule has 1 heterocycles. The summed E-state index contributed by atoms with van der Waals surface area (Å²) >= 11 is 0. The molecule has 0 spiro atoms. The number of hydrogen-bond donors (Lipinski definition) is 2. The summed E-state index contributed by atoms with van der Waals surface area (Å²) in [5.41, 5.74) is 1.12. The Kier molecular flexibility index (Phi) is 7.79. The molecule has 1 aliphatic rings. The summed E-state index contributed by atoms with van der Waals surface area (Å²) in [5, 5.41) is 5.08. The van der Waals surface area contributed by atoms with Crippen LogP contribution in [0.15, 0.2) is 24.3 Å². The average Bonchev–Trinajstić information content (AvgIpc) is 3.10. The first-order valence-corrected chi connectivity index (χ1v) is 9.12. The molecule has 0 radical (unpaired) electrons. The fourth-order valence-corrected chi connectivity index (χ4v) is 2.62. The summed E-state index contributed by atoms with van der Waals surface area (Å²) in [6.45, 7) is 2.55. The predicted molar refractivity (Wildman–Crippen MR) is 99.2 cm³/mol. The van der Waals surface area contributed by atoms with Gasteiger partial charge in [0.15, 0.2) is 6.61 Å². The second-order valence-electron chi connectivity index (χ2n) is 6.24. The normalized spacial score (nSPS) is 13.4. The topological polar surface area (TPSA) is 105 Å². The lowest BCUT2D eigenvalue weighted by Crippen LogP contribution is -2.34. The smallest absolute Gasteiger partial charge is 0.325 e. The van der Waals surface area contributed by atoms with Crippen LogP contribution in [0.3, 0.4) is 0 Å². The number of rotatable bonds is 9. The molecule has 0 aliphatic carbocycles. The molecule has 1 fully saturated rings. The molecular formula is C19H25N3O5. The molecule has 1 saturated heterocycles. The number of nitrogens with zero attached hydrogens (tertiary/aromatic N) is 1. The van der Waals surface area contributed by atoms with Gasteiger partial charge < -0.3 is 20.3 Å². The van der Waals surface area contributed by atoms with Gasteiger partial charge in [-0.05, 0) is 37.1 Å². The first-order valence-electron chi connectivity index (χ1n) is 9.12. The Hall–Kier alpha value is -2.90. The minimum absolute atomic E-state index is 0.0775. The highest BCUT2D eigenvalue weighted by Crippen LogP contribution is 2.21. The van der Waals surface area contributed by atoms with Crippen LogP contribution >= 0.6 is 0 Å². The lowest BCUT2D eigenvalue weighted by molar-refractivity contribution is -0.147. The van der Waals surface area contributed by atoms with Gasteiger partial charge in [-0.15, -0.1) is 0 Å². The van der Waals surface area contributed by atoms with Crippen LogP contribution in [-0.2, 0) is 19.1 Å². The zero-order valence-corrected chi connectivity index (χ0v) is 15.5. The van der Waals surface area contributed by atoms with Gasteiger partial charge in [-0.1, -0.05) is 13.3 Å². The maximum absolute atomic E-state index is 12.1. The summed E-state index contributed by atoms with van der Waals surface area (Å²) in [6.07, 6.45) is 3.20.